The number of carboxylic acids is 1. The third-order valence-corrected chi connectivity index (χ3v) is 2.33. The SMILES string of the molecule is CCCCNC(=O)Nc1cccc(C(=O)O)c1O. The first-order chi connectivity index (χ1) is 8.56. The Balaban J connectivity index is 2.70. The molecule has 1 rings (SSSR count). The molecule has 6 heteroatoms. The Morgan fingerprint density at radius 1 is 1.33 bits per heavy atom. The quantitative estimate of drug-likeness (QED) is 0.476. The normalized spacial score (nSPS) is 9.83. The topological polar surface area (TPSA) is 98.7 Å². The molecular weight excluding hydrogens is 236 g/mol. The lowest BCUT2D eigenvalue weighted by molar-refractivity contribution is 0.0694. The maximum atomic E-state index is 11.4. The number of hydrogen-bond donors (Lipinski definition) is 4. The van der Waals surface area contributed by atoms with Crippen LogP contribution in [0.5, 0.6) is 5.75 Å². The van der Waals surface area contributed by atoms with Gasteiger partial charge in [0.25, 0.3) is 0 Å². The number of nitrogens with one attached hydrogen (secondary N) is 2. The molecular formula is C12H16N2O4. The van der Waals surface area contributed by atoms with Crippen molar-refractivity contribution in [3.8, 4) is 5.75 Å². The van der Waals surface area contributed by atoms with Gasteiger partial charge in [0.05, 0.1) is 5.69 Å². The van der Waals surface area contributed by atoms with E-state index < -0.39 is 17.7 Å². The Hall–Kier alpha value is -2.24. The fraction of sp³-hybridized carbons (Fsp3) is 0.333. The summed E-state index contributed by atoms with van der Waals surface area (Å²) in [5.74, 6) is -1.70. The van der Waals surface area contributed by atoms with Crippen molar-refractivity contribution in [1.29, 1.82) is 0 Å². The molecule has 1 aromatic carbocycles. The number of carbonyl (C=O) groups is 2. The van der Waals surface area contributed by atoms with E-state index in [-0.39, 0.29) is 11.3 Å². The minimum atomic E-state index is -1.25. The smallest absolute Gasteiger partial charge is 0.339 e. The molecule has 0 aliphatic heterocycles. The summed E-state index contributed by atoms with van der Waals surface area (Å²) in [5.41, 5.74) is -0.176. The van der Waals surface area contributed by atoms with Crippen LogP contribution in [0.1, 0.15) is 30.1 Å². The molecule has 2 amide bonds. The first-order valence-electron chi connectivity index (χ1n) is 5.66. The second-order valence-corrected chi connectivity index (χ2v) is 3.74. The number of phenols is 1. The molecule has 0 radical (unpaired) electrons. The van der Waals surface area contributed by atoms with Crippen molar-refractivity contribution >= 4 is 17.7 Å². The molecule has 0 atom stereocenters. The molecule has 0 heterocycles. The van der Waals surface area contributed by atoms with E-state index in [4.69, 9.17) is 5.11 Å². The van der Waals surface area contributed by atoms with Crippen molar-refractivity contribution in [2.45, 2.75) is 19.8 Å². The Morgan fingerprint density at radius 2 is 2.06 bits per heavy atom. The number of aromatic hydroxyl groups is 1. The van der Waals surface area contributed by atoms with Gasteiger partial charge >= 0.3 is 12.0 Å². The average molecular weight is 252 g/mol. The van der Waals surface area contributed by atoms with Gasteiger partial charge in [0.1, 0.15) is 5.56 Å². The monoisotopic (exact) mass is 252 g/mol. The zero-order chi connectivity index (χ0) is 13.5. The molecule has 0 unspecified atom stereocenters. The van der Waals surface area contributed by atoms with Gasteiger partial charge in [-0.15, -0.1) is 0 Å². The molecule has 0 spiro atoms. The average Bonchev–Trinajstić information content (AvgIpc) is 2.32. The molecule has 18 heavy (non-hydrogen) atoms. The number of aromatic carboxylic acids is 1. The first-order valence-corrected chi connectivity index (χ1v) is 5.66. The van der Waals surface area contributed by atoms with Gasteiger partial charge in [-0.25, -0.2) is 9.59 Å². The zero-order valence-electron chi connectivity index (χ0n) is 10.1. The van der Waals surface area contributed by atoms with Gasteiger partial charge in [0.2, 0.25) is 0 Å². The number of urea groups is 1. The van der Waals surface area contributed by atoms with Crippen LogP contribution >= 0.6 is 0 Å². The van der Waals surface area contributed by atoms with Crippen molar-refractivity contribution in [2.24, 2.45) is 0 Å². The summed E-state index contributed by atoms with van der Waals surface area (Å²) >= 11 is 0. The van der Waals surface area contributed by atoms with Crippen molar-refractivity contribution in [3.63, 3.8) is 0 Å². The minimum absolute atomic E-state index is 0.0731. The van der Waals surface area contributed by atoms with Crippen LogP contribution in [0.4, 0.5) is 10.5 Å². The summed E-state index contributed by atoms with van der Waals surface area (Å²) in [6, 6.07) is 3.67. The molecule has 98 valence electrons. The van der Waals surface area contributed by atoms with Crippen LogP contribution in [0.15, 0.2) is 18.2 Å². The van der Waals surface area contributed by atoms with Gasteiger partial charge in [-0.2, -0.15) is 0 Å². The predicted octanol–water partition coefficient (Wildman–Crippen LogP) is 2.01. The number of para-hydroxylation sites is 1. The summed E-state index contributed by atoms with van der Waals surface area (Å²) in [4.78, 5) is 22.2. The van der Waals surface area contributed by atoms with Gasteiger partial charge in [-0.3, -0.25) is 0 Å². The number of anilines is 1. The summed E-state index contributed by atoms with van der Waals surface area (Å²) in [6.07, 6.45) is 1.81. The van der Waals surface area contributed by atoms with E-state index in [0.717, 1.165) is 12.8 Å². The summed E-state index contributed by atoms with van der Waals surface area (Å²) < 4.78 is 0. The Bertz CT molecular complexity index is 446. The second-order valence-electron chi connectivity index (χ2n) is 3.74. The predicted molar refractivity (Wildman–Crippen MR) is 67.0 cm³/mol. The highest BCUT2D eigenvalue weighted by atomic mass is 16.4. The number of carboxylic acid groups (broad SMARTS) is 1. The molecule has 0 aliphatic carbocycles. The third-order valence-electron chi connectivity index (χ3n) is 2.33. The summed E-state index contributed by atoms with van der Waals surface area (Å²) in [6.45, 7) is 2.53. The Morgan fingerprint density at radius 3 is 2.67 bits per heavy atom. The second kappa shape index (κ2) is 6.48. The number of benzene rings is 1. The molecule has 4 N–H and O–H groups in total. The molecule has 0 fully saturated rings. The number of rotatable bonds is 5. The van der Waals surface area contributed by atoms with Gasteiger partial charge in [-0.1, -0.05) is 19.4 Å². The van der Waals surface area contributed by atoms with E-state index in [9.17, 15) is 14.7 Å². The molecule has 0 saturated carbocycles. The van der Waals surface area contributed by atoms with Crippen LogP contribution in [0.2, 0.25) is 0 Å². The largest absolute Gasteiger partial charge is 0.505 e. The highest BCUT2D eigenvalue weighted by Gasteiger charge is 2.14. The van der Waals surface area contributed by atoms with Gasteiger partial charge < -0.3 is 20.8 Å². The van der Waals surface area contributed by atoms with Gasteiger partial charge in [-0.05, 0) is 18.6 Å². The van der Waals surface area contributed by atoms with Crippen molar-refractivity contribution in [1.82, 2.24) is 5.32 Å². The fourth-order valence-electron chi connectivity index (χ4n) is 1.36. The van der Waals surface area contributed by atoms with E-state index >= 15 is 0 Å². The van der Waals surface area contributed by atoms with Crippen LogP contribution in [0.3, 0.4) is 0 Å². The number of unbranched alkanes of at least 4 members (excludes halogenated alkanes) is 1. The standard InChI is InChI=1S/C12H16N2O4/c1-2-3-7-13-12(18)14-9-6-4-5-8(10(9)15)11(16)17/h4-6,15H,2-3,7H2,1H3,(H,16,17)(H2,13,14,18). The molecule has 0 aromatic heterocycles. The fourth-order valence-corrected chi connectivity index (χ4v) is 1.36. The first kappa shape index (κ1) is 13.8. The number of carbonyl (C=O) groups excluding carboxylic acids is 1. The van der Waals surface area contributed by atoms with Crippen molar-refractivity contribution < 1.29 is 19.8 Å². The highest BCUT2D eigenvalue weighted by Crippen LogP contribution is 2.27. The van der Waals surface area contributed by atoms with E-state index in [0.29, 0.717) is 6.54 Å². The third kappa shape index (κ3) is 3.65. The Kier molecular flexibility index (Phi) is 4.98. The van der Waals surface area contributed by atoms with E-state index in [1.165, 1.54) is 18.2 Å². The van der Waals surface area contributed by atoms with Gasteiger partial charge in [0.15, 0.2) is 5.75 Å². The molecule has 0 bridgehead atoms. The lowest BCUT2D eigenvalue weighted by atomic mass is 10.1. The van der Waals surface area contributed by atoms with Crippen LogP contribution in [0.25, 0.3) is 0 Å². The van der Waals surface area contributed by atoms with Crippen LogP contribution in [0, 0.1) is 0 Å². The van der Waals surface area contributed by atoms with Crippen LogP contribution in [-0.4, -0.2) is 28.8 Å². The van der Waals surface area contributed by atoms with E-state index in [2.05, 4.69) is 10.6 Å². The molecule has 0 saturated heterocycles. The van der Waals surface area contributed by atoms with Crippen LogP contribution < -0.4 is 10.6 Å². The van der Waals surface area contributed by atoms with E-state index in [1.54, 1.807) is 0 Å². The summed E-state index contributed by atoms with van der Waals surface area (Å²) in [5, 5.41) is 23.5. The number of hydrogen-bond acceptors (Lipinski definition) is 3. The highest BCUT2D eigenvalue weighted by molar-refractivity contribution is 5.97. The maximum Gasteiger partial charge on any atom is 0.339 e. The molecule has 0 aliphatic rings. The molecule has 6 nitrogen and oxygen atoms in total. The lowest BCUT2D eigenvalue weighted by Crippen LogP contribution is -2.29. The van der Waals surface area contributed by atoms with Crippen molar-refractivity contribution in [2.75, 3.05) is 11.9 Å². The lowest BCUT2D eigenvalue weighted by Gasteiger charge is -2.09. The zero-order valence-corrected chi connectivity index (χ0v) is 10.1. The van der Waals surface area contributed by atoms with Gasteiger partial charge in [0, 0.05) is 6.54 Å². The summed E-state index contributed by atoms with van der Waals surface area (Å²) in [7, 11) is 0. The minimum Gasteiger partial charge on any atom is -0.505 e. The Labute approximate surface area is 105 Å². The number of amides is 2. The van der Waals surface area contributed by atoms with Crippen molar-refractivity contribution in [3.05, 3.63) is 23.8 Å². The molecule has 1 aromatic rings. The maximum absolute atomic E-state index is 11.4. The van der Waals surface area contributed by atoms with E-state index in [1.807, 2.05) is 6.92 Å². The van der Waals surface area contributed by atoms with Crippen LogP contribution in [-0.2, 0) is 0 Å².